The fourth-order valence-corrected chi connectivity index (χ4v) is 3.18. The molecule has 21 heavy (non-hydrogen) atoms. The summed E-state index contributed by atoms with van der Waals surface area (Å²) >= 11 is 0. The fourth-order valence-electron chi connectivity index (χ4n) is 3.18. The summed E-state index contributed by atoms with van der Waals surface area (Å²) in [5, 5.41) is 3.63. The predicted molar refractivity (Wildman–Crippen MR) is 89.5 cm³/mol. The lowest BCUT2D eigenvalue weighted by Crippen LogP contribution is -2.21. The second-order valence-corrected chi connectivity index (χ2v) is 5.88. The normalized spacial score (nSPS) is 12.4. The van der Waals surface area contributed by atoms with Gasteiger partial charge in [0.05, 0.1) is 5.69 Å². The summed E-state index contributed by atoms with van der Waals surface area (Å²) in [5.74, 6) is 0. The van der Waals surface area contributed by atoms with E-state index in [1.165, 1.54) is 27.8 Å². The smallest absolute Gasteiger partial charge is 0.0573 e. The number of aromatic nitrogens is 1. The van der Waals surface area contributed by atoms with Crippen molar-refractivity contribution >= 4 is 0 Å². The number of hydrogen-bond donors (Lipinski definition) is 1. The Morgan fingerprint density at radius 1 is 1.14 bits per heavy atom. The third-order valence-electron chi connectivity index (χ3n) is 4.11. The molecule has 0 aliphatic carbocycles. The molecule has 0 saturated carbocycles. The second-order valence-electron chi connectivity index (χ2n) is 5.88. The van der Waals surface area contributed by atoms with Crippen molar-refractivity contribution in [3.05, 3.63) is 64.0 Å². The van der Waals surface area contributed by atoms with Gasteiger partial charge in [-0.25, -0.2) is 0 Å². The lowest BCUT2D eigenvalue weighted by Gasteiger charge is -2.20. The number of aryl methyl sites for hydroxylation is 4. The molecular weight excluding hydrogens is 256 g/mol. The molecule has 1 unspecified atom stereocenters. The molecular formula is C19H26N2. The van der Waals surface area contributed by atoms with Gasteiger partial charge in [-0.15, -0.1) is 0 Å². The monoisotopic (exact) mass is 282 g/mol. The lowest BCUT2D eigenvalue weighted by molar-refractivity contribution is 0.560. The fraction of sp³-hybridized carbons (Fsp3) is 0.421. The summed E-state index contributed by atoms with van der Waals surface area (Å²) in [5.41, 5.74) is 7.96. The highest BCUT2D eigenvalue weighted by Gasteiger charge is 2.12. The Kier molecular flexibility index (Phi) is 5.13. The molecule has 1 aromatic carbocycles. The predicted octanol–water partition coefficient (Wildman–Crippen LogP) is 4.42. The van der Waals surface area contributed by atoms with Gasteiger partial charge < -0.3 is 5.32 Å². The molecule has 1 aromatic heterocycles. The van der Waals surface area contributed by atoms with E-state index < -0.39 is 0 Å². The zero-order valence-electron chi connectivity index (χ0n) is 13.8. The Morgan fingerprint density at radius 3 is 2.43 bits per heavy atom. The molecule has 0 spiro atoms. The van der Waals surface area contributed by atoms with Crippen LogP contribution in [-0.2, 0) is 13.0 Å². The first-order valence-corrected chi connectivity index (χ1v) is 7.76. The van der Waals surface area contributed by atoms with E-state index >= 15 is 0 Å². The number of hydrogen-bond acceptors (Lipinski definition) is 2. The van der Waals surface area contributed by atoms with Crippen LogP contribution in [0.15, 0.2) is 30.5 Å². The summed E-state index contributed by atoms with van der Waals surface area (Å²) in [6.07, 6.45) is 2.91. The standard InChI is InChI=1S/C19H26N2/c1-6-17-8-7-9-20-18(17)12-21-16(5)19-14(3)10-13(2)11-15(19)4/h7-11,16,21H,6,12H2,1-5H3. The van der Waals surface area contributed by atoms with E-state index in [-0.39, 0.29) is 0 Å². The van der Waals surface area contributed by atoms with Gasteiger partial charge in [-0.3, -0.25) is 4.98 Å². The summed E-state index contributed by atoms with van der Waals surface area (Å²) in [6, 6.07) is 9.03. The summed E-state index contributed by atoms with van der Waals surface area (Å²) in [4.78, 5) is 4.51. The largest absolute Gasteiger partial charge is 0.305 e. The van der Waals surface area contributed by atoms with Gasteiger partial charge in [-0.2, -0.15) is 0 Å². The van der Waals surface area contributed by atoms with Crippen molar-refractivity contribution in [1.82, 2.24) is 10.3 Å². The second kappa shape index (κ2) is 6.86. The molecule has 0 fully saturated rings. The van der Waals surface area contributed by atoms with Crippen LogP contribution in [0.4, 0.5) is 0 Å². The maximum Gasteiger partial charge on any atom is 0.0573 e. The van der Waals surface area contributed by atoms with Crippen LogP contribution in [0.3, 0.4) is 0 Å². The van der Waals surface area contributed by atoms with Gasteiger partial charge >= 0.3 is 0 Å². The molecule has 0 saturated heterocycles. The Hall–Kier alpha value is -1.67. The molecule has 0 aliphatic rings. The van der Waals surface area contributed by atoms with E-state index in [2.05, 4.69) is 63.1 Å². The van der Waals surface area contributed by atoms with Crippen molar-refractivity contribution in [3.8, 4) is 0 Å². The van der Waals surface area contributed by atoms with Crippen LogP contribution >= 0.6 is 0 Å². The van der Waals surface area contributed by atoms with Crippen LogP contribution in [0.5, 0.6) is 0 Å². The number of nitrogens with one attached hydrogen (secondary N) is 1. The number of pyridine rings is 1. The van der Waals surface area contributed by atoms with E-state index in [9.17, 15) is 0 Å². The maximum absolute atomic E-state index is 4.51. The van der Waals surface area contributed by atoms with Crippen LogP contribution < -0.4 is 5.32 Å². The minimum Gasteiger partial charge on any atom is -0.305 e. The minimum absolute atomic E-state index is 0.331. The van der Waals surface area contributed by atoms with Gasteiger partial charge in [0.25, 0.3) is 0 Å². The molecule has 1 heterocycles. The van der Waals surface area contributed by atoms with Crippen LogP contribution in [0, 0.1) is 20.8 Å². The summed E-state index contributed by atoms with van der Waals surface area (Å²) in [7, 11) is 0. The minimum atomic E-state index is 0.331. The zero-order chi connectivity index (χ0) is 15.4. The topological polar surface area (TPSA) is 24.9 Å². The van der Waals surface area contributed by atoms with Gasteiger partial charge in [-0.05, 0) is 62.4 Å². The number of nitrogens with zero attached hydrogens (tertiary/aromatic N) is 1. The van der Waals surface area contributed by atoms with Crippen LogP contribution in [0.1, 0.15) is 53.4 Å². The van der Waals surface area contributed by atoms with E-state index in [1.54, 1.807) is 0 Å². The quantitative estimate of drug-likeness (QED) is 0.878. The van der Waals surface area contributed by atoms with Crippen LogP contribution in [-0.4, -0.2) is 4.98 Å². The van der Waals surface area contributed by atoms with Crippen molar-refractivity contribution in [2.75, 3.05) is 0 Å². The molecule has 0 radical (unpaired) electrons. The molecule has 0 aliphatic heterocycles. The Morgan fingerprint density at radius 2 is 1.81 bits per heavy atom. The van der Waals surface area contributed by atoms with E-state index in [1.807, 2.05) is 12.3 Å². The molecule has 0 bridgehead atoms. The third-order valence-corrected chi connectivity index (χ3v) is 4.11. The molecule has 112 valence electrons. The lowest BCUT2D eigenvalue weighted by atomic mass is 9.95. The highest BCUT2D eigenvalue weighted by Crippen LogP contribution is 2.23. The highest BCUT2D eigenvalue weighted by atomic mass is 14.9. The number of rotatable bonds is 5. The molecule has 1 N–H and O–H groups in total. The number of benzene rings is 1. The van der Waals surface area contributed by atoms with Gasteiger partial charge in [0.2, 0.25) is 0 Å². The van der Waals surface area contributed by atoms with E-state index in [0.29, 0.717) is 6.04 Å². The van der Waals surface area contributed by atoms with Crippen molar-refractivity contribution in [2.24, 2.45) is 0 Å². The Bertz CT molecular complexity index is 594. The third kappa shape index (κ3) is 3.70. The average Bonchev–Trinajstić information content (AvgIpc) is 2.44. The molecule has 2 heteroatoms. The molecule has 0 amide bonds. The summed E-state index contributed by atoms with van der Waals surface area (Å²) in [6.45, 7) is 11.8. The van der Waals surface area contributed by atoms with E-state index in [0.717, 1.165) is 18.7 Å². The maximum atomic E-state index is 4.51. The SMILES string of the molecule is CCc1cccnc1CNC(C)c1c(C)cc(C)cc1C. The summed E-state index contributed by atoms with van der Waals surface area (Å²) < 4.78 is 0. The van der Waals surface area contributed by atoms with Gasteiger partial charge in [0.15, 0.2) is 0 Å². The molecule has 2 aromatic rings. The zero-order valence-corrected chi connectivity index (χ0v) is 13.8. The Labute approximate surface area is 128 Å². The first-order valence-electron chi connectivity index (χ1n) is 7.76. The van der Waals surface area contributed by atoms with E-state index in [4.69, 9.17) is 0 Å². The first-order chi connectivity index (χ1) is 10.0. The average molecular weight is 282 g/mol. The van der Waals surface area contributed by atoms with Crippen LogP contribution in [0.25, 0.3) is 0 Å². The van der Waals surface area contributed by atoms with Crippen molar-refractivity contribution in [1.29, 1.82) is 0 Å². The highest BCUT2D eigenvalue weighted by molar-refractivity contribution is 5.39. The van der Waals surface area contributed by atoms with Gasteiger partial charge in [0, 0.05) is 18.8 Å². The van der Waals surface area contributed by atoms with Crippen molar-refractivity contribution < 1.29 is 0 Å². The Balaban J connectivity index is 2.14. The van der Waals surface area contributed by atoms with Crippen LogP contribution in [0.2, 0.25) is 0 Å². The van der Waals surface area contributed by atoms with Crippen molar-refractivity contribution in [3.63, 3.8) is 0 Å². The van der Waals surface area contributed by atoms with Gasteiger partial charge in [0.1, 0.15) is 0 Å². The molecule has 2 nitrogen and oxygen atoms in total. The van der Waals surface area contributed by atoms with Crippen molar-refractivity contribution in [2.45, 2.75) is 53.6 Å². The molecule has 2 rings (SSSR count). The van der Waals surface area contributed by atoms with Gasteiger partial charge in [-0.1, -0.05) is 30.7 Å². The first kappa shape index (κ1) is 15.7. The molecule has 1 atom stereocenters.